The molecule has 120 valence electrons. The first-order chi connectivity index (χ1) is 11.2. The van der Waals surface area contributed by atoms with Gasteiger partial charge in [0.25, 0.3) is 0 Å². The van der Waals surface area contributed by atoms with Crippen LogP contribution in [0.4, 0.5) is 8.78 Å². The van der Waals surface area contributed by atoms with Crippen LogP contribution in [-0.4, -0.2) is 0 Å². The van der Waals surface area contributed by atoms with Gasteiger partial charge in [-0.15, -0.1) is 0 Å². The van der Waals surface area contributed by atoms with Crippen molar-refractivity contribution in [2.75, 3.05) is 0 Å². The highest BCUT2D eigenvalue weighted by molar-refractivity contribution is 5.44. The predicted octanol–water partition coefficient (Wildman–Crippen LogP) is 5.88. The van der Waals surface area contributed by atoms with Crippen LogP contribution in [0.15, 0.2) is 42.5 Å². The van der Waals surface area contributed by atoms with Crippen LogP contribution in [0.1, 0.15) is 55.7 Å². The van der Waals surface area contributed by atoms with Gasteiger partial charge in [-0.05, 0) is 42.7 Å². The summed E-state index contributed by atoms with van der Waals surface area (Å²) in [6, 6.07) is 11.5. The minimum atomic E-state index is -0.624. The van der Waals surface area contributed by atoms with Gasteiger partial charge in [-0.2, -0.15) is 0 Å². The Kier molecular flexibility index (Phi) is 6.81. The van der Waals surface area contributed by atoms with Crippen molar-refractivity contribution in [3.63, 3.8) is 0 Å². The van der Waals surface area contributed by atoms with E-state index < -0.39 is 11.6 Å². The molecular formula is C21H22F2. The number of halogens is 2. The van der Waals surface area contributed by atoms with Crippen LogP contribution in [0.25, 0.3) is 0 Å². The first-order valence-electron chi connectivity index (χ1n) is 8.25. The summed E-state index contributed by atoms with van der Waals surface area (Å²) in [5, 5.41) is 0. The number of benzene rings is 2. The summed E-state index contributed by atoms with van der Waals surface area (Å²) in [6.07, 6.45) is 7.47. The molecule has 2 aromatic carbocycles. The van der Waals surface area contributed by atoms with Crippen LogP contribution in [0.5, 0.6) is 0 Å². The van der Waals surface area contributed by atoms with Crippen LogP contribution in [0, 0.1) is 23.5 Å². The zero-order valence-corrected chi connectivity index (χ0v) is 13.5. The lowest BCUT2D eigenvalue weighted by Crippen LogP contribution is -1.87. The summed E-state index contributed by atoms with van der Waals surface area (Å²) in [4.78, 5) is 0. The van der Waals surface area contributed by atoms with E-state index in [0.29, 0.717) is 0 Å². The minimum absolute atomic E-state index is 0.214. The predicted molar refractivity (Wildman–Crippen MR) is 91.2 cm³/mol. The van der Waals surface area contributed by atoms with Crippen LogP contribution < -0.4 is 0 Å². The molecule has 0 atom stereocenters. The highest BCUT2D eigenvalue weighted by Crippen LogP contribution is 2.11. The summed E-state index contributed by atoms with van der Waals surface area (Å²) in [5.74, 6) is 4.46. The van der Waals surface area contributed by atoms with Crippen molar-refractivity contribution >= 4 is 0 Å². The maximum Gasteiger partial charge on any atom is 0.141 e. The highest BCUT2D eigenvalue weighted by Gasteiger charge is 2.00. The van der Waals surface area contributed by atoms with Crippen molar-refractivity contribution < 1.29 is 8.78 Å². The summed E-state index contributed by atoms with van der Waals surface area (Å²) >= 11 is 0. The fourth-order valence-electron chi connectivity index (χ4n) is 2.42. The number of hydrogen-bond donors (Lipinski definition) is 0. The fourth-order valence-corrected chi connectivity index (χ4v) is 2.42. The molecule has 0 spiro atoms. The molecule has 0 fully saturated rings. The zero-order chi connectivity index (χ0) is 16.5. The SMILES string of the molecule is CCCCCCCc1ccc(C#Cc2ccc(F)cc2F)cc1. The molecule has 0 aliphatic carbocycles. The van der Waals surface area contributed by atoms with Crippen molar-refractivity contribution in [1.29, 1.82) is 0 Å². The Labute approximate surface area is 137 Å². The van der Waals surface area contributed by atoms with E-state index in [1.807, 2.05) is 12.1 Å². The molecule has 0 unspecified atom stereocenters. The number of aryl methyl sites for hydroxylation is 1. The van der Waals surface area contributed by atoms with E-state index in [-0.39, 0.29) is 5.56 Å². The Balaban J connectivity index is 1.91. The van der Waals surface area contributed by atoms with Gasteiger partial charge in [-0.3, -0.25) is 0 Å². The Morgan fingerprint density at radius 2 is 1.57 bits per heavy atom. The van der Waals surface area contributed by atoms with Crippen molar-refractivity contribution in [1.82, 2.24) is 0 Å². The summed E-state index contributed by atoms with van der Waals surface area (Å²) in [5.41, 5.74) is 2.36. The van der Waals surface area contributed by atoms with Gasteiger partial charge in [0.2, 0.25) is 0 Å². The third-order valence-corrected chi connectivity index (χ3v) is 3.80. The maximum absolute atomic E-state index is 13.5. The quantitative estimate of drug-likeness (QED) is 0.462. The number of unbranched alkanes of at least 4 members (excludes halogenated alkanes) is 4. The smallest absolute Gasteiger partial charge is 0.141 e. The Hall–Kier alpha value is -2.14. The van der Waals surface area contributed by atoms with Gasteiger partial charge in [0.15, 0.2) is 0 Å². The highest BCUT2D eigenvalue weighted by atomic mass is 19.1. The van der Waals surface area contributed by atoms with Crippen LogP contribution in [0.2, 0.25) is 0 Å². The van der Waals surface area contributed by atoms with E-state index in [9.17, 15) is 8.78 Å². The summed E-state index contributed by atoms with van der Waals surface area (Å²) < 4.78 is 26.3. The Morgan fingerprint density at radius 3 is 2.26 bits per heavy atom. The molecule has 0 heterocycles. The second-order valence-electron chi connectivity index (χ2n) is 5.74. The first-order valence-corrected chi connectivity index (χ1v) is 8.25. The molecule has 2 aromatic rings. The van der Waals surface area contributed by atoms with E-state index in [1.54, 1.807) is 0 Å². The lowest BCUT2D eigenvalue weighted by Gasteiger charge is -2.02. The largest absolute Gasteiger partial charge is 0.207 e. The fraction of sp³-hybridized carbons (Fsp3) is 0.333. The topological polar surface area (TPSA) is 0 Å². The molecule has 0 N–H and O–H groups in total. The number of rotatable bonds is 6. The Bertz CT molecular complexity index is 675. The molecule has 0 aliphatic heterocycles. The second kappa shape index (κ2) is 9.10. The van der Waals surface area contributed by atoms with Gasteiger partial charge in [-0.1, -0.05) is 56.6 Å². The molecule has 0 saturated heterocycles. The van der Waals surface area contributed by atoms with E-state index in [4.69, 9.17) is 0 Å². The lowest BCUT2D eigenvalue weighted by atomic mass is 10.0. The van der Waals surface area contributed by atoms with E-state index in [2.05, 4.69) is 30.9 Å². The third kappa shape index (κ3) is 5.87. The average Bonchev–Trinajstić information content (AvgIpc) is 2.55. The molecule has 0 radical (unpaired) electrons. The van der Waals surface area contributed by atoms with Crippen molar-refractivity contribution in [3.8, 4) is 11.8 Å². The monoisotopic (exact) mass is 312 g/mol. The molecule has 0 aliphatic rings. The summed E-state index contributed by atoms with van der Waals surface area (Å²) in [7, 11) is 0. The van der Waals surface area contributed by atoms with Crippen molar-refractivity contribution in [2.24, 2.45) is 0 Å². The third-order valence-electron chi connectivity index (χ3n) is 3.80. The molecule has 23 heavy (non-hydrogen) atoms. The van der Waals surface area contributed by atoms with E-state index in [1.165, 1.54) is 49.8 Å². The average molecular weight is 312 g/mol. The van der Waals surface area contributed by atoms with Crippen molar-refractivity contribution in [3.05, 3.63) is 70.8 Å². The number of hydrogen-bond acceptors (Lipinski definition) is 0. The molecule has 0 amide bonds. The van der Waals surface area contributed by atoms with Crippen molar-refractivity contribution in [2.45, 2.75) is 45.4 Å². The van der Waals surface area contributed by atoms with E-state index in [0.717, 1.165) is 18.1 Å². The molecule has 0 aromatic heterocycles. The van der Waals surface area contributed by atoms with E-state index >= 15 is 0 Å². The molecule has 2 rings (SSSR count). The van der Waals surface area contributed by atoms with Crippen LogP contribution >= 0.6 is 0 Å². The lowest BCUT2D eigenvalue weighted by molar-refractivity contribution is 0.581. The molecule has 0 nitrogen and oxygen atoms in total. The zero-order valence-electron chi connectivity index (χ0n) is 13.5. The van der Waals surface area contributed by atoms with Crippen LogP contribution in [0.3, 0.4) is 0 Å². The molecule has 2 heteroatoms. The van der Waals surface area contributed by atoms with Crippen LogP contribution in [-0.2, 0) is 6.42 Å². The van der Waals surface area contributed by atoms with Gasteiger partial charge >= 0.3 is 0 Å². The normalized spacial score (nSPS) is 10.2. The molecule has 0 bridgehead atoms. The summed E-state index contributed by atoms with van der Waals surface area (Å²) in [6.45, 7) is 2.22. The maximum atomic E-state index is 13.5. The van der Waals surface area contributed by atoms with Gasteiger partial charge < -0.3 is 0 Å². The molecule has 0 saturated carbocycles. The minimum Gasteiger partial charge on any atom is -0.207 e. The van der Waals surface area contributed by atoms with Gasteiger partial charge in [-0.25, -0.2) is 8.78 Å². The van der Waals surface area contributed by atoms with Gasteiger partial charge in [0, 0.05) is 11.6 Å². The molecular weight excluding hydrogens is 290 g/mol. The van der Waals surface area contributed by atoms with Gasteiger partial charge in [0.05, 0.1) is 5.56 Å². The standard InChI is InChI=1S/C21H22F2/c1-2-3-4-5-6-7-17-8-10-18(11-9-17)12-13-19-14-15-20(22)16-21(19)23/h8-11,14-16H,2-7H2,1H3. The van der Waals surface area contributed by atoms with Gasteiger partial charge in [0.1, 0.15) is 11.6 Å². The second-order valence-corrected chi connectivity index (χ2v) is 5.74. The Morgan fingerprint density at radius 1 is 0.826 bits per heavy atom. The first kappa shape index (κ1) is 17.2.